The summed E-state index contributed by atoms with van der Waals surface area (Å²) in [4.78, 5) is 8.90. The molecule has 0 bridgehead atoms. The second-order valence-electron chi connectivity index (χ2n) is 8.82. The van der Waals surface area contributed by atoms with E-state index in [1.807, 2.05) is 43.7 Å². The van der Waals surface area contributed by atoms with Crippen LogP contribution in [0.15, 0.2) is 30.6 Å². The number of hydrogen-bond acceptors (Lipinski definition) is 6. The van der Waals surface area contributed by atoms with E-state index in [9.17, 15) is 5.11 Å². The van der Waals surface area contributed by atoms with Gasteiger partial charge >= 0.3 is 0 Å². The van der Waals surface area contributed by atoms with E-state index in [1.54, 1.807) is 7.11 Å². The van der Waals surface area contributed by atoms with Crippen molar-refractivity contribution < 1.29 is 9.84 Å². The number of pyridine rings is 1. The van der Waals surface area contributed by atoms with E-state index in [0.717, 1.165) is 48.0 Å². The van der Waals surface area contributed by atoms with Gasteiger partial charge in [-0.3, -0.25) is 4.98 Å². The number of fused-ring (bicyclic) bond motifs is 1. The van der Waals surface area contributed by atoms with Crippen molar-refractivity contribution >= 4 is 11.5 Å². The first-order chi connectivity index (χ1) is 14.4. The second-order valence-corrected chi connectivity index (χ2v) is 8.82. The number of hydrogen-bond donors (Lipinski definition) is 2. The van der Waals surface area contributed by atoms with E-state index in [2.05, 4.69) is 27.4 Å². The summed E-state index contributed by atoms with van der Waals surface area (Å²) in [5.41, 5.74) is 4.81. The van der Waals surface area contributed by atoms with Crippen molar-refractivity contribution in [3.63, 3.8) is 0 Å². The molecule has 1 aliphatic carbocycles. The summed E-state index contributed by atoms with van der Waals surface area (Å²) >= 11 is 0. The van der Waals surface area contributed by atoms with Crippen LogP contribution in [0.1, 0.15) is 56.8 Å². The molecule has 30 heavy (non-hydrogen) atoms. The fourth-order valence-electron chi connectivity index (χ4n) is 4.36. The predicted molar refractivity (Wildman–Crippen MR) is 118 cm³/mol. The Morgan fingerprint density at radius 1 is 1.30 bits per heavy atom. The van der Waals surface area contributed by atoms with Crippen LogP contribution in [0.4, 0.5) is 5.95 Å². The maximum Gasteiger partial charge on any atom is 0.241 e. The molecular weight excluding hydrogens is 378 g/mol. The molecule has 2 N–H and O–H groups in total. The van der Waals surface area contributed by atoms with Crippen molar-refractivity contribution in [1.29, 1.82) is 0 Å². The van der Waals surface area contributed by atoms with Crippen LogP contribution in [0, 0.1) is 6.92 Å². The molecule has 3 aromatic rings. The molecule has 0 radical (unpaired) electrons. The zero-order valence-electron chi connectivity index (χ0n) is 18.2. The predicted octanol–water partition coefficient (Wildman–Crippen LogP) is 3.96. The molecule has 3 heterocycles. The highest BCUT2D eigenvalue weighted by Gasteiger charge is 2.31. The van der Waals surface area contributed by atoms with Crippen molar-refractivity contribution in [2.45, 2.75) is 64.0 Å². The van der Waals surface area contributed by atoms with Crippen LogP contribution in [0.3, 0.4) is 0 Å². The van der Waals surface area contributed by atoms with Gasteiger partial charge in [0.2, 0.25) is 5.95 Å². The SMILES string of the molecule is COC[C@H](C)Nc1ncc2c(-c3ccnc(C)c3)cc(C3CCC(C)(O)CC3)n2n1. The Labute approximate surface area is 177 Å². The number of nitrogens with zero attached hydrogens (tertiary/aromatic N) is 4. The normalized spacial score (nSPS) is 22.9. The van der Waals surface area contributed by atoms with Crippen molar-refractivity contribution in [3.05, 3.63) is 42.0 Å². The quantitative estimate of drug-likeness (QED) is 0.641. The lowest BCUT2D eigenvalue weighted by Crippen LogP contribution is -2.30. The van der Waals surface area contributed by atoms with Gasteiger partial charge in [-0.2, -0.15) is 0 Å². The summed E-state index contributed by atoms with van der Waals surface area (Å²) < 4.78 is 7.25. The molecule has 1 fully saturated rings. The van der Waals surface area contributed by atoms with Gasteiger partial charge in [-0.05, 0) is 70.2 Å². The Balaban J connectivity index is 1.77. The van der Waals surface area contributed by atoms with E-state index >= 15 is 0 Å². The number of ether oxygens (including phenoxy) is 1. The maximum absolute atomic E-state index is 10.4. The minimum absolute atomic E-state index is 0.110. The van der Waals surface area contributed by atoms with Crippen molar-refractivity contribution in [2.75, 3.05) is 19.0 Å². The molecule has 0 saturated heterocycles. The van der Waals surface area contributed by atoms with Crippen LogP contribution in [-0.4, -0.2) is 50.0 Å². The Hall–Kier alpha value is -2.51. The van der Waals surface area contributed by atoms with Gasteiger partial charge < -0.3 is 15.2 Å². The summed E-state index contributed by atoms with van der Waals surface area (Å²) in [6.07, 6.45) is 7.23. The average molecular weight is 410 g/mol. The number of nitrogens with one attached hydrogen (secondary N) is 1. The Kier molecular flexibility index (Phi) is 5.75. The van der Waals surface area contributed by atoms with E-state index < -0.39 is 5.60 Å². The summed E-state index contributed by atoms with van der Waals surface area (Å²) in [6.45, 7) is 6.56. The van der Waals surface area contributed by atoms with Gasteiger partial charge in [0.25, 0.3) is 0 Å². The largest absolute Gasteiger partial charge is 0.390 e. The van der Waals surface area contributed by atoms with Crippen LogP contribution in [0.2, 0.25) is 0 Å². The molecule has 4 rings (SSSR count). The molecule has 7 heteroatoms. The van der Waals surface area contributed by atoms with Crippen LogP contribution in [0.5, 0.6) is 0 Å². The van der Waals surface area contributed by atoms with Gasteiger partial charge in [0, 0.05) is 42.2 Å². The molecule has 0 unspecified atom stereocenters. The lowest BCUT2D eigenvalue weighted by atomic mass is 9.78. The third-order valence-corrected chi connectivity index (χ3v) is 6.03. The van der Waals surface area contributed by atoms with Gasteiger partial charge in [0.15, 0.2) is 0 Å². The highest BCUT2D eigenvalue weighted by atomic mass is 16.5. The molecule has 160 valence electrons. The Morgan fingerprint density at radius 3 is 2.77 bits per heavy atom. The zero-order valence-corrected chi connectivity index (χ0v) is 18.2. The molecule has 1 atom stereocenters. The monoisotopic (exact) mass is 409 g/mol. The first-order valence-corrected chi connectivity index (χ1v) is 10.7. The van der Waals surface area contributed by atoms with Crippen molar-refractivity contribution in [3.8, 4) is 11.1 Å². The van der Waals surface area contributed by atoms with Crippen LogP contribution < -0.4 is 5.32 Å². The van der Waals surface area contributed by atoms with E-state index in [-0.39, 0.29) is 6.04 Å². The van der Waals surface area contributed by atoms with E-state index in [4.69, 9.17) is 9.84 Å². The van der Waals surface area contributed by atoms with Crippen LogP contribution in [-0.2, 0) is 4.74 Å². The third kappa shape index (κ3) is 4.32. The summed E-state index contributed by atoms with van der Waals surface area (Å²) in [6, 6.07) is 6.48. The topological polar surface area (TPSA) is 84.6 Å². The smallest absolute Gasteiger partial charge is 0.241 e. The minimum atomic E-state index is -0.564. The van der Waals surface area contributed by atoms with E-state index in [1.165, 1.54) is 5.69 Å². The van der Waals surface area contributed by atoms with Gasteiger partial charge in [-0.25, -0.2) is 9.50 Å². The third-order valence-electron chi connectivity index (χ3n) is 6.03. The molecule has 0 spiro atoms. The molecule has 0 aliphatic heterocycles. The van der Waals surface area contributed by atoms with Crippen molar-refractivity contribution in [1.82, 2.24) is 19.6 Å². The Bertz CT molecular complexity index is 1020. The number of anilines is 1. The fraction of sp³-hybridized carbons (Fsp3) is 0.522. The summed E-state index contributed by atoms with van der Waals surface area (Å²) in [7, 11) is 1.69. The molecule has 1 saturated carbocycles. The summed E-state index contributed by atoms with van der Waals surface area (Å²) in [5.74, 6) is 0.942. The molecule has 1 aliphatic rings. The first-order valence-electron chi connectivity index (χ1n) is 10.7. The van der Waals surface area contributed by atoms with E-state index in [0.29, 0.717) is 18.5 Å². The highest BCUT2D eigenvalue weighted by Crippen LogP contribution is 2.40. The van der Waals surface area contributed by atoms with Crippen LogP contribution >= 0.6 is 0 Å². The average Bonchev–Trinajstić information content (AvgIpc) is 3.07. The second kappa shape index (κ2) is 8.32. The highest BCUT2D eigenvalue weighted by molar-refractivity contribution is 5.81. The van der Waals surface area contributed by atoms with Gasteiger partial charge in [-0.15, -0.1) is 5.10 Å². The van der Waals surface area contributed by atoms with Crippen LogP contribution in [0.25, 0.3) is 16.6 Å². The first kappa shape index (κ1) is 20.8. The van der Waals surface area contributed by atoms with Gasteiger partial charge in [-0.1, -0.05) is 0 Å². The fourth-order valence-corrected chi connectivity index (χ4v) is 4.36. The van der Waals surface area contributed by atoms with Gasteiger partial charge in [0.05, 0.1) is 23.9 Å². The molecule has 0 aromatic carbocycles. The number of aliphatic hydroxyl groups is 1. The number of methoxy groups -OCH3 is 1. The maximum atomic E-state index is 10.4. The number of rotatable bonds is 6. The lowest BCUT2D eigenvalue weighted by Gasteiger charge is -2.32. The standard InChI is InChI=1S/C23H31N5O2/c1-15-11-18(7-10-24-15)19-12-20(17-5-8-23(3,29)9-6-17)28-21(19)13-25-22(27-28)26-16(2)14-30-4/h7,10-13,16-17,29H,5-6,8-9,14H2,1-4H3,(H,26,27)/t16-,17?,23?/m0/s1. The summed E-state index contributed by atoms with van der Waals surface area (Å²) in [5, 5.41) is 18.6. The number of aryl methyl sites for hydroxylation is 1. The minimum Gasteiger partial charge on any atom is -0.390 e. The molecule has 3 aromatic heterocycles. The number of aromatic nitrogens is 4. The lowest BCUT2D eigenvalue weighted by molar-refractivity contribution is 0.0167. The van der Waals surface area contributed by atoms with Crippen molar-refractivity contribution in [2.24, 2.45) is 0 Å². The molecule has 7 nitrogen and oxygen atoms in total. The molecule has 0 amide bonds. The Morgan fingerprint density at radius 2 is 2.07 bits per heavy atom. The molecular formula is C23H31N5O2. The van der Waals surface area contributed by atoms with Gasteiger partial charge in [0.1, 0.15) is 0 Å². The zero-order chi connectivity index (χ0) is 21.3.